The minimum atomic E-state index is -0.117. The Bertz CT molecular complexity index is 658. The Labute approximate surface area is 143 Å². The van der Waals surface area contributed by atoms with Gasteiger partial charge in [0.1, 0.15) is 5.75 Å². The van der Waals surface area contributed by atoms with Gasteiger partial charge in [-0.1, -0.05) is 25.3 Å². The second-order valence-corrected chi connectivity index (χ2v) is 5.77. The zero-order valence-electron chi connectivity index (χ0n) is 14.5. The van der Waals surface area contributed by atoms with Crippen molar-refractivity contribution in [2.45, 2.75) is 38.5 Å². The van der Waals surface area contributed by atoms with Crippen LogP contribution in [-0.4, -0.2) is 31.7 Å². The maximum absolute atomic E-state index is 11.0. The van der Waals surface area contributed by atoms with E-state index >= 15 is 0 Å². The van der Waals surface area contributed by atoms with Crippen LogP contribution in [0.3, 0.4) is 0 Å². The van der Waals surface area contributed by atoms with Gasteiger partial charge in [-0.05, 0) is 25.0 Å². The van der Waals surface area contributed by atoms with Gasteiger partial charge in [-0.25, -0.2) is 0 Å². The van der Waals surface area contributed by atoms with Crippen molar-refractivity contribution >= 4 is 22.6 Å². The summed E-state index contributed by atoms with van der Waals surface area (Å²) in [6.07, 6.45) is 7.67. The van der Waals surface area contributed by atoms with Crippen LogP contribution in [0.1, 0.15) is 38.5 Å². The van der Waals surface area contributed by atoms with Crippen LogP contribution in [0.2, 0.25) is 0 Å². The number of pyridine rings is 1. The maximum atomic E-state index is 11.0. The molecular weight excluding hydrogens is 304 g/mol. The number of nitrogens with one attached hydrogen (secondary N) is 1. The summed E-state index contributed by atoms with van der Waals surface area (Å²) in [6, 6.07) is 7.96. The molecule has 0 bridgehead atoms. The quantitative estimate of drug-likeness (QED) is 0.523. The second kappa shape index (κ2) is 9.75. The van der Waals surface area contributed by atoms with Crippen LogP contribution in [0.25, 0.3) is 10.9 Å². The highest BCUT2D eigenvalue weighted by Gasteiger charge is 2.05. The number of esters is 1. The summed E-state index contributed by atoms with van der Waals surface area (Å²) in [5.74, 6) is 0.717. The second-order valence-electron chi connectivity index (χ2n) is 5.77. The molecule has 0 aliphatic heterocycles. The fraction of sp³-hybridized carbons (Fsp3) is 0.474. The maximum Gasteiger partial charge on any atom is 0.305 e. The van der Waals surface area contributed by atoms with Gasteiger partial charge in [-0.15, -0.1) is 0 Å². The molecular formula is C19H26N2O3. The molecule has 0 spiro atoms. The molecule has 0 amide bonds. The van der Waals surface area contributed by atoms with E-state index in [2.05, 4.69) is 15.0 Å². The lowest BCUT2D eigenvalue weighted by Crippen LogP contribution is -2.03. The van der Waals surface area contributed by atoms with E-state index in [9.17, 15) is 4.79 Å². The molecule has 0 unspecified atom stereocenters. The lowest BCUT2D eigenvalue weighted by Gasteiger charge is -2.11. The average molecular weight is 330 g/mol. The van der Waals surface area contributed by atoms with Crippen molar-refractivity contribution in [1.82, 2.24) is 4.98 Å². The first-order valence-corrected chi connectivity index (χ1v) is 8.48. The minimum absolute atomic E-state index is 0.117. The highest BCUT2D eigenvalue weighted by Crippen LogP contribution is 2.27. The lowest BCUT2D eigenvalue weighted by molar-refractivity contribution is -0.140. The lowest BCUT2D eigenvalue weighted by atomic mass is 10.1. The zero-order chi connectivity index (χ0) is 17.2. The molecule has 0 fully saturated rings. The van der Waals surface area contributed by atoms with Gasteiger partial charge in [0.2, 0.25) is 0 Å². The number of rotatable bonds is 10. The highest BCUT2D eigenvalue weighted by atomic mass is 16.5. The van der Waals surface area contributed by atoms with E-state index in [1.54, 1.807) is 13.3 Å². The van der Waals surface area contributed by atoms with Crippen molar-refractivity contribution < 1.29 is 14.3 Å². The summed E-state index contributed by atoms with van der Waals surface area (Å²) >= 11 is 0. The predicted molar refractivity (Wildman–Crippen MR) is 96.5 cm³/mol. The molecule has 0 aliphatic carbocycles. The number of carbonyl (C=O) groups excluding carboxylic acids is 1. The van der Waals surface area contributed by atoms with Crippen LogP contribution in [0, 0.1) is 0 Å². The number of fused-ring (bicyclic) bond motifs is 1. The molecule has 0 saturated carbocycles. The fourth-order valence-corrected chi connectivity index (χ4v) is 2.67. The summed E-state index contributed by atoms with van der Waals surface area (Å²) in [4.78, 5) is 15.5. The summed E-state index contributed by atoms with van der Waals surface area (Å²) in [6.45, 7) is 0.899. The third-order valence-electron chi connectivity index (χ3n) is 4.01. The monoisotopic (exact) mass is 330 g/mol. The van der Waals surface area contributed by atoms with Crippen molar-refractivity contribution in [1.29, 1.82) is 0 Å². The smallest absolute Gasteiger partial charge is 0.305 e. The molecule has 1 heterocycles. The van der Waals surface area contributed by atoms with E-state index < -0.39 is 0 Å². The van der Waals surface area contributed by atoms with E-state index in [4.69, 9.17) is 4.74 Å². The number of methoxy groups -OCH3 is 2. The van der Waals surface area contributed by atoms with E-state index in [0.717, 1.165) is 61.0 Å². The molecule has 1 N–H and O–H groups in total. The normalized spacial score (nSPS) is 10.6. The molecule has 2 rings (SSSR count). The number of carbonyl (C=O) groups is 1. The molecule has 0 atom stereocenters. The van der Waals surface area contributed by atoms with Gasteiger partial charge in [0.05, 0.1) is 25.4 Å². The molecule has 5 heteroatoms. The van der Waals surface area contributed by atoms with Crippen LogP contribution in [0.4, 0.5) is 5.69 Å². The Morgan fingerprint density at radius 2 is 1.92 bits per heavy atom. The SMILES string of the molecule is COC(=O)CCCCCCCNc1cc(OC)cc2cccnc12. The Morgan fingerprint density at radius 1 is 1.12 bits per heavy atom. The van der Waals surface area contributed by atoms with Crippen molar-refractivity contribution in [2.24, 2.45) is 0 Å². The molecule has 130 valence electrons. The van der Waals surface area contributed by atoms with Crippen LogP contribution in [-0.2, 0) is 9.53 Å². The van der Waals surface area contributed by atoms with Crippen molar-refractivity contribution in [3.05, 3.63) is 30.5 Å². The summed E-state index contributed by atoms with van der Waals surface area (Å²) in [5.41, 5.74) is 1.98. The van der Waals surface area contributed by atoms with Crippen molar-refractivity contribution in [3.63, 3.8) is 0 Å². The Kier molecular flexibility index (Phi) is 7.33. The van der Waals surface area contributed by atoms with E-state index in [1.807, 2.05) is 24.3 Å². The fourth-order valence-electron chi connectivity index (χ4n) is 2.67. The van der Waals surface area contributed by atoms with Gasteiger partial charge in [0.15, 0.2) is 0 Å². The number of anilines is 1. The number of aromatic nitrogens is 1. The first kappa shape index (κ1) is 18.0. The van der Waals surface area contributed by atoms with Gasteiger partial charge in [-0.3, -0.25) is 9.78 Å². The van der Waals surface area contributed by atoms with Gasteiger partial charge < -0.3 is 14.8 Å². The van der Waals surface area contributed by atoms with Crippen LogP contribution in [0.5, 0.6) is 5.75 Å². The number of nitrogens with zero attached hydrogens (tertiary/aromatic N) is 1. The molecule has 5 nitrogen and oxygen atoms in total. The Hall–Kier alpha value is -2.30. The van der Waals surface area contributed by atoms with Crippen molar-refractivity contribution in [2.75, 3.05) is 26.1 Å². The molecule has 1 aromatic heterocycles. The summed E-state index contributed by atoms with van der Waals surface area (Å²) in [5, 5.41) is 4.54. The van der Waals surface area contributed by atoms with Gasteiger partial charge in [-0.2, -0.15) is 0 Å². The Morgan fingerprint density at radius 3 is 2.71 bits per heavy atom. The van der Waals surface area contributed by atoms with Crippen LogP contribution in [0.15, 0.2) is 30.5 Å². The number of hydrogen-bond donors (Lipinski definition) is 1. The van der Waals surface area contributed by atoms with E-state index in [0.29, 0.717) is 6.42 Å². The van der Waals surface area contributed by atoms with Gasteiger partial charge in [0, 0.05) is 30.6 Å². The zero-order valence-corrected chi connectivity index (χ0v) is 14.5. The van der Waals surface area contributed by atoms with E-state index in [1.165, 1.54) is 7.11 Å². The number of unbranched alkanes of at least 4 members (excludes halogenated alkanes) is 4. The molecule has 0 saturated heterocycles. The number of benzene rings is 1. The van der Waals surface area contributed by atoms with Gasteiger partial charge >= 0.3 is 5.97 Å². The largest absolute Gasteiger partial charge is 0.497 e. The first-order valence-electron chi connectivity index (χ1n) is 8.48. The highest BCUT2D eigenvalue weighted by molar-refractivity contribution is 5.91. The topological polar surface area (TPSA) is 60.5 Å². The summed E-state index contributed by atoms with van der Waals surface area (Å²) < 4.78 is 9.99. The van der Waals surface area contributed by atoms with Crippen LogP contribution >= 0.6 is 0 Å². The third-order valence-corrected chi connectivity index (χ3v) is 4.01. The molecule has 0 aliphatic rings. The third kappa shape index (κ3) is 5.41. The molecule has 0 radical (unpaired) electrons. The first-order chi connectivity index (χ1) is 11.7. The molecule has 1 aromatic carbocycles. The van der Waals surface area contributed by atoms with Crippen molar-refractivity contribution in [3.8, 4) is 5.75 Å². The van der Waals surface area contributed by atoms with Crippen LogP contribution < -0.4 is 10.1 Å². The number of ether oxygens (including phenoxy) is 2. The average Bonchev–Trinajstić information content (AvgIpc) is 2.63. The summed E-state index contributed by atoms with van der Waals surface area (Å²) in [7, 11) is 3.11. The van der Waals surface area contributed by atoms with E-state index in [-0.39, 0.29) is 5.97 Å². The molecule has 2 aromatic rings. The minimum Gasteiger partial charge on any atom is -0.497 e. The predicted octanol–water partition coefficient (Wildman–Crippen LogP) is 4.17. The standard InChI is InChI=1S/C19H26N2O3/c1-23-16-13-15-9-8-12-21-19(15)17(14-16)20-11-7-5-3-4-6-10-18(22)24-2/h8-9,12-14,20H,3-7,10-11H2,1-2H3. The number of hydrogen-bond acceptors (Lipinski definition) is 5. The Balaban J connectivity index is 1.74. The molecule has 24 heavy (non-hydrogen) atoms. The van der Waals surface area contributed by atoms with Gasteiger partial charge in [0.25, 0.3) is 0 Å².